The number of anilines is 1. The minimum Gasteiger partial charge on any atom is -0.484 e. The zero-order valence-electron chi connectivity index (χ0n) is 18.3. The van der Waals surface area contributed by atoms with E-state index in [9.17, 15) is 22.4 Å². The Hall–Kier alpha value is -2.56. The SMILES string of the molecule is CC(=O)N[C@@H](C)COC1CCC(Nc2nc3c(F)cc(OCC(F)F)c(F)c3n2C)CC1. The Morgan fingerprint density at radius 3 is 2.56 bits per heavy atom. The maximum Gasteiger partial charge on any atom is 0.272 e. The number of hydrogen-bond acceptors (Lipinski definition) is 5. The van der Waals surface area contributed by atoms with Crippen molar-refractivity contribution in [3.63, 3.8) is 0 Å². The second-order valence-electron chi connectivity index (χ2n) is 8.12. The fourth-order valence-corrected chi connectivity index (χ4v) is 3.89. The molecular weight excluding hydrogens is 432 g/mol. The molecule has 3 rings (SSSR count). The standard InChI is InChI=1S/C21H28F4N4O3/c1-11(26-12(2)30)9-31-14-6-4-13(5-7-14)27-21-28-19-15(22)8-16(32-10-17(23)24)18(25)20(19)29(21)3/h8,11,13-14,17H,4-7,9-10H2,1-3H3,(H,26,30)(H,27,28)/t11-,13?,14?/m0/s1. The van der Waals surface area contributed by atoms with Gasteiger partial charge in [-0.15, -0.1) is 0 Å². The molecule has 178 valence electrons. The highest BCUT2D eigenvalue weighted by atomic mass is 19.3. The Labute approximate surface area is 183 Å². The number of imidazole rings is 1. The average Bonchev–Trinajstić information content (AvgIpc) is 3.05. The summed E-state index contributed by atoms with van der Waals surface area (Å²) in [5, 5.41) is 5.99. The van der Waals surface area contributed by atoms with Gasteiger partial charge >= 0.3 is 0 Å². The fourth-order valence-electron chi connectivity index (χ4n) is 3.89. The van der Waals surface area contributed by atoms with Gasteiger partial charge in [0.15, 0.2) is 17.4 Å². The van der Waals surface area contributed by atoms with Gasteiger partial charge < -0.3 is 24.7 Å². The van der Waals surface area contributed by atoms with Crippen molar-refractivity contribution in [2.45, 2.75) is 64.1 Å². The number of alkyl halides is 2. The van der Waals surface area contributed by atoms with Crippen molar-refractivity contribution in [1.82, 2.24) is 14.9 Å². The van der Waals surface area contributed by atoms with Gasteiger partial charge in [-0.2, -0.15) is 0 Å². The summed E-state index contributed by atoms with van der Waals surface area (Å²) in [5.41, 5.74) is -0.346. The van der Waals surface area contributed by atoms with Crippen molar-refractivity contribution in [3.05, 3.63) is 17.7 Å². The molecule has 0 bridgehead atoms. The van der Waals surface area contributed by atoms with Crippen LogP contribution in [0.1, 0.15) is 39.5 Å². The smallest absolute Gasteiger partial charge is 0.272 e. The lowest BCUT2D eigenvalue weighted by Gasteiger charge is -2.30. The molecule has 1 saturated carbocycles. The van der Waals surface area contributed by atoms with Crippen LogP contribution in [0.25, 0.3) is 11.0 Å². The second kappa shape index (κ2) is 10.4. The molecule has 0 spiro atoms. The molecule has 1 fully saturated rings. The number of halogens is 4. The van der Waals surface area contributed by atoms with Gasteiger partial charge in [-0.05, 0) is 32.6 Å². The van der Waals surface area contributed by atoms with Crippen molar-refractivity contribution in [2.24, 2.45) is 7.05 Å². The topological polar surface area (TPSA) is 77.4 Å². The number of rotatable bonds is 9. The van der Waals surface area contributed by atoms with Crippen LogP contribution in [0.5, 0.6) is 5.75 Å². The summed E-state index contributed by atoms with van der Waals surface area (Å²) in [6, 6.07) is 0.711. The number of fused-ring (bicyclic) bond motifs is 1. The Kier molecular flexibility index (Phi) is 7.81. The van der Waals surface area contributed by atoms with E-state index < -0.39 is 30.4 Å². The van der Waals surface area contributed by atoms with Crippen LogP contribution in [0.15, 0.2) is 6.07 Å². The number of carbonyl (C=O) groups is 1. The Balaban J connectivity index is 1.62. The van der Waals surface area contributed by atoms with Gasteiger partial charge in [0.25, 0.3) is 6.43 Å². The Morgan fingerprint density at radius 2 is 1.94 bits per heavy atom. The molecule has 0 radical (unpaired) electrons. The summed E-state index contributed by atoms with van der Waals surface area (Å²) in [4.78, 5) is 15.2. The lowest BCUT2D eigenvalue weighted by molar-refractivity contribution is -0.120. The first-order chi connectivity index (χ1) is 15.2. The normalized spacial score (nSPS) is 19.9. The van der Waals surface area contributed by atoms with Crippen molar-refractivity contribution in [3.8, 4) is 5.75 Å². The zero-order chi connectivity index (χ0) is 23.4. The maximum atomic E-state index is 14.8. The maximum absolute atomic E-state index is 14.8. The van der Waals surface area contributed by atoms with Crippen LogP contribution >= 0.6 is 0 Å². The van der Waals surface area contributed by atoms with Gasteiger partial charge in [0.2, 0.25) is 11.9 Å². The largest absolute Gasteiger partial charge is 0.484 e. The van der Waals surface area contributed by atoms with Gasteiger partial charge in [0, 0.05) is 32.1 Å². The molecule has 7 nitrogen and oxygen atoms in total. The highest BCUT2D eigenvalue weighted by Crippen LogP contribution is 2.32. The predicted octanol–water partition coefficient (Wildman–Crippen LogP) is 3.76. The summed E-state index contributed by atoms with van der Waals surface area (Å²) >= 11 is 0. The van der Waals surface area contributed by atoms with E-state index >= 15 is 0 Å². The van der Waals surface area contributed by atoms with Crippen molar-refractivity contribution in [2.75, 3.05) is 18.5 Å². The number of ether oxygens (including phenoxy) is 2. The fraction of sp³-hybridized carbons (Fsp3) is 0.619. The summed E-state index contributed by atoms with van der Waals surface area (Å²) in [5.74, 6) is -2.17. The number of benzene rings is 1. The lowest BCUT2D eigenvalue weighted by Crippen LogP contribution is -2.37. The molecule has 2 aromatic rings. The monoisotopic (exact) mass is 460 g/mol. The zero-order valence-corrected chi connectivity index (χ0v) is 18.3. The molecular formula is C21H28F4N4O3. The summed E-state index contributed by atoms with van der Waals surface area (Å²) in [6.45, 7) is 2.74. The predicted molar refractivity (Wildman–Crippen MR) is 111 cm³/mol. The van der Waals surface area contributed by atoms with Gasteiger partial charge in [0.05, 0.1) is 12.7 Å². The lowest BCUT2D eigenvalue weighted by atomic mass is 9.93. The van der Waals surface area contributed by atoms with Crippen LogP contribution < -0.4 is 15.4 Å². The number of hydrogen-bond donors (Lipinski definition) is 2. The van der Waals surface area contributed by atoms with E-state index in [1.54, 1.807) is 0 Å². The number of amides is 1. The molecule has 0 aliphatic heterocycles. The molecule has 2 N–H and O–H groups in total. The van der Waals surface area contributed by atoms with Gasteiger partial charge in [0.1, 0.15) is 17.6 Å². The van der Waals surface area contributed by atoms with Crippen molar-refractivity contribution < 1.29 is 31.8 Å². The molecule has 1 aromatic heterocycles. The summed E-state index contributed by atoms with van der Waals surface area (Å²) in [6.07, 6.45) is 0.413. The van der Waals surface area contributed by atoms with Crippen molar-refractivity contribution in [1.29, 1.82) is 0 Å². The van der Waals surface area contributed by atoms with E-state index in [2.05, 4.69) is 15.6 Å². The minimum atomic E-state index is -2.80. The average molecular weight is 460 g/mol. The van der Waals surface area contributed by atoms with E-state index in [0.717, 1.165) is 31.7 Å². The molecule has 1 heterocycles. The molecule has 0 unspecified atom stereocenters. The Bertz CT molecular complexity index is 945. The third kappa shape index (κ3) is 5.81. The third-order valence-corrected chi connectivity index (χ3v) is 5.41. The van der Waals surface area contributed by atoms with Gasteiger partial charge in [-0.3, -0.25) is 4.79 Å². The van der Waals surface area contributed by atoms with E-state index in [1.807, 2.05) is 6.92 Å². The molecule has 1 aromatic carbocycles. The van der Waals surface area contributed by atoms with Gasteiger partial charge in [-0.25, -0.2) is 22.5 Å². The van der Waals surface area contributed by atoms with Crippen LogP contribution in [0, 0.1) is 11.6 Å². The summed E-state index contributed by atoms with van der Waals surface area (Å²) in [7, 11) is 1.52. The molecule has 1 amide bonds. The Morgan fingerprint density at radius 1 is 1.25 bits per heavy atom. The molecule has 1 aliphatic carbocycles. The molecule has 32 heavy (non-hydrogen) atoms. The van der Waals surface area contributed by atoms with Crippen LogP contribution in [-0.4, -0.2) is 53.3 Å². The van der Waals surface area contributed by atoms with Crippen LogP contribution in [0.4, 0.5) is 23.5 Å². The quantitative estimate of drug-likeness (QED) is 0.558. The van der Waals surface area contributed by atoms with Crippen LogP contribution in [-0.2, 0) is 16.6 Å². The summed E-state index contributed by atoms with van der Waals surface area (Å²) < 4.78 is 65.9. The van der Waals surface area contributed by atoms with E-state index in [0.29, 0.717) is 6.61 Å². The minimum absolute atomic E-state index is 0.0406. The van der Waals surface area contributed by atoms with E-state index in [4.69, 9.17) is 9.47 Å². The van der Waals surface area contributed by atoms with Crippen LogP contribution in [0.3, 0.4) is 0 Å². The van der Waals surface area contributed by atoms with Crippen molar-refractivity contribution >= 4 is 22.9 Å². The first kappa shape index (κ1) is 24.1. The number of aryl methyl sites for hydroxylation is 1. The molecule has 0 saturated heterocycles. The number of aromatic nitrogens is 2. The number of carbonyl (C=O) groups excluding carboxylic acids is 1. The highest BCUT2D eigenvalue weighted by Gasteiger charge is 2.26. The van der Waals surface area contributed by atoms with E-state index in [1.165, 1.54) is 18.5 Å². The van der Waals surface area contributed by atoms with Crippen LogP contribution in [0.2, 0.25) is 0 Å². The molecule has 1 aliphatic rings. The molecule has 11 heteroatoms. The first-order valence-corrected chi connectivity index (χ1v) is 10.6. The highest BCUT2D eigenvalue weighted by molar-refractivity contribution is 5.81. The number of nitrogens with one attached hydrogen (secondary N) is 2. The third-order valence-electron chi connectivity index (χ3n) is 5.41. The molecule has 1 atom stereocenters. The number of nitrogens with zero attached hydrogens (tertiary/aromatic N) is 2. The first-order valence-electron chi connectivity index (χ1n) is 10.6. The second-order valence-corrected chi connectivity index (χ2v) is 8.12. The van der Waals surface area contributed by atoms with Gasteiger partial charge in [-0.1, -0.05) is 0 Å². The van der Waals surface area contributed by atoms with E-state index in [-0.39, 0.29) is 41.1 Å².